The maximum atomic E-state index is 13.1. The molecule has 0 aliphatic carbocycles. The predicted molar refractivity (Wildman–Crippen MR) is 70.6 cm³/mol. The topological polar surface area (TPSA) is 37.8 Å². The van der Waals surface area contributed by atoms with E-state index < -0.39 is 10.8 Å². The molecule has 1 N–H and O–H groups in total. The second-order valence-electron chi connectivity index (χ2n) is 4.01. The lowest BCUT2D eigenvalue weighted by molar-refractivity contribution is 0.628. The van der Waals surface area contributed by atoms with E-state index in [0.29, 0.717) is 16.8 Å². The molecule has 1 aromatic heterocycles. The molecule has 0 saturated carbocycles. The normalized spacial score (nSPS) is 15.0. The minimum atomic E-state index is -0.906. The molecule has 0 amide bonds. The molecule has 2 aromatic rings. The second kappa shape index (κ2) is 4.70. The maximum Gasteiger partial charge on any atom is 0.178 e. The van der Waals surface area contributed by atoms with Gasteiger partial charge in [-0.25, -0.2) is 4.39 Å². The number of nitrogens with zero attached hydrogens (tertiary/aromatic N) is 1. The van der Waals surface area contributed by atoms with Gasteiger partial charge in [-0.15, -0.1) is 0 Å². The SMILES string of the molecule is CC(Cn1c(=S)[nH]c2cc(F)ccc21)S(C)=O. The molecule has 92 valence electrons. The van der Waals surface area contributed by atoms with Gasteiger partial charge in [0.25, 0.3) is 0 Å². The number of fused-ring (bicyclic) bond motifs is 1. The van der Waals surface area contributed by atoms with Gasteiger partial charge in [-0.3, -0.25) is 4.21 Å². The Morgan fingerprint density at radius 1 is 1.59 bits per heavy atom. The van der Waals surface area contributed by atoms with Crippen molar-refractivity contribution in [3.8, 4) is 0 Å². The summed E-state index contributed by atoms with van der Waals surface area (Å²) < 4.78 is 26.8. The number of benzene rings is 1. The van der Waals surface area contributed by atoms with Crippen LogP contribution in [0.25, 0.3) is 11.0 Å². The fraction of sp³-hybridized carbons (Fsp3) is 0.364. The third kappa shape index (κ3) is 2.47. The molecule has 0 spiro atoms. The summed E-state index contributed by atoms with van der Waals surface area (Å²) in [5.74, 6) is -0.298. The molecule has 6 heteroatoms. The van der Waals surface area contributed by atoms with Gasteiger partial charge < -0.3 is 9.55 Å². The van der Waals surface area contributed by atoms with E-state index in [2.05, 4.69) is 4.98 Å². The van der Waals surface area contributed by atoms with Gasteiger partial charge in [0.1, 0.15) is 5.82 Å². The molecule has 0 aliphatic heterocycles. The summed E-state index contributed by atoms with van der Waals surface area (Å²) in [6.45, 7) is 2.47. The van der Waals surface area contributed by atoms with E-state index in [1.807, 2.05) is 11.5 Å². The van der Waals surface area contributed by atoms with Gasteiger partial charge in [-0.1, -0.05) is 0 Å². The van der Waals surface area contributed by atoms with Crippen molar-refractivity contribution in [1.29, 1.82) is 0 Å². The van der Waals surface area contributed by atoms with Crippen LogP contribution in [0.3, 0.4) is 0 Å². The highest BCUT2D eigenvalue weighted by molar-refractivity contribution is 7.84. The molecule has 3 nitrogen and oxygen atoms in total. The summed E-state index contributed by atoms with van der Waals surface area (Å²) in [6, 6.07) is 4.49. The molecule has 2 rings (SSSR count). The summed E-state index contributed by atoms with van der Waals surface area (Å²) in [5, 5.41) is 0.00533. The van der Waals surface area contributed by atoms with E-state index in [1.54, 1.807) is 12.3 Å². The number of halogens is 1. The van der Waals surface area contributed by atoms with Crippen molar-refractivity contribution < 1.29 is 8.60 Å². The Balaban J connectivity index is 2.50. The second-order valence-corrected chi connectivity index (χ2v) is 6.20. The van der Waals surface area contributed by atoms with Gasteiger partial charge in [-0.2, -0.15) is 0 Å². The van der Waals surface area contributed by atoms with Gasteiger partial charge >= 0.3 is 0 Å². The number of rotatable bonds is 3. The number of nitrogens with one attached hydrogen (secondary N) is 1. The largest absolute Gasteiger partial charge is 0.330 e. The number of hydrogen-bond acceptors (Lipinski definition) is 2. The van der Waals surface area contributed by atoms with Crippen LogP contribution >= 0.6 is 12.2 Å². The standard InChI is InChI=1S/C11H13FN2OS2/c1-7(17(2)15)6-14-10-4-3-8(12)5-9(10)13-11(14)16/h3-5,7H,6H2,1-2H3,(H,13,16). The molecule has 0 fully saturated rings. The van der Waals surface area contributed by atoms with Gasteiger partial charge in [0.2, 0.25) is 0 Å². The first-order valence-corrected chi connectivity index (χ1v) is 7.22. The first-order valence-electron chi connectivity index (χ1n) is 5.19. The van der Waals surface area contributed by atoms with Crippen LogP contribution < -0.4 is 0 Å². The fourth-order valence-corrected chi connectivity index (χ4v) is 2.32. The monoisotopic (exact) mass is 272 g/mol. The third-order valence-corrected chi connectivity index (χ3v) is 4.35. The van der Waals surface area contributed by atoms with Crippen LogP contribution in [0.15, 0.2) is 18.2 Å². The minimum Gasteiger partial charge on any atom is -0.330 e. The van der Waals surface area contributed by atoms with Gasteiger partial charge in [0.15, 0.2) is 4.77 Å². The van der Waals surface area contributed by atoms with E-state index in [9.17, 15) is 8.60 Å². The lowest BCUT2D eigenvalue weighted by Crippen LogP contribution is -2.17. The summed E-state index contributed by atoms with van der Waals surface area (Å²) in [4.78, 5) is 2.95. The summed E-state index contributed by atoms with van der Waals surface area (Å²) in [6.07, 6.45) is 1.67. The summed E-state index contributed by atoms with van der Waals surface area (Å²) in [5.41, 5.74) is 1.51. The fourth-order valence-electron chi connectivity index (χ4n) is 1.68. The van der Waals surface area contributed by atoms with Crippen molar-refractivity contribution >= 4 is 34.1 Å². The first kappa shape index (κ1) is 12.4. The molecule has 1 heterocycles. The number of H-pyrrole nitrogens is 1. The number of aromatic amines is 1. The Morgan fingerprint density at radius 2 is 2.29 bits per heavy atom. The van der Waals surface area contributed by atoms with Crippen molar-refractivity contribution in [3.05, 3.63) is 28.8 Å². The summed E-state index contributed by atoms with van der Waals surface area (Å²) in [7, 11) is -0.906. The van der Waals surface area contributed by atoms with Crippen molar-refractivity contribution in [1.82, 2.24) is 9.55 Å². The summed E-state index contributed by atoms with van der Waals surface area (Å²) >= 11 is 5.19. The van der Waals surface area contributed by atoms with E-state index in [1.165, 1.54) is 12.1 Å². The van der Waals surface area contributed by atoms with Crippen molar-refractivity contribution in [2.45, 2.75) is 18.7 Å². The van der Waals surface area contributed by atoms with E-state index in [0.717, 1.165) is 5.52 Å². The molecule has 0 aliphatic rings. The van der Waals surface area contributed by atoms with Crippen LogP contribution in [0.1, 0.15) is 6.92 Å². The van der Waals surface area contributed by atoms with Gasteiger partial charge in [-0.05, 0) is 37.3 Å². The average Bonchev–Trinajstić information content (AvgIpc) is 2.54. The number of aromatic nitrogens is 2. The predicted octanol–water partition coefficient (Wildman–Crippen LogP) is 2.60. The molecular weight excluding hydrogens is 259 g/mol. The van der Waals surface area contributed by atoms with E-state index in [4.69, 9.17) is 12.2 Å². The highest BCUT2D eigenvalue weighted by Crippen LogP contribution is 2.16. The molecule has 2 unspecified atom stereocenters. The van der Waals surface area contributed by atoms with Crippen LogP contribution in [0, 0.1) is 10.6 Å². The van der Waals surface area contributed by atoms with Crippen LogP contribution in [0.4, 0.5) is 4.39 Å². The van der Waals surface area contributed by atoms with Crippen molar-refractivity contribution in [2.75, 3.05) is 6.26 Å². The first-order chi connectivity index (χ1) is 7.99. The van der Waals surface area contributed by atoms with Gasteiger partial charge in [0, 0.05) is 28.9 Å². The minimum absolute atomic E-state index is 0.00533. The highest BCUT2D eigenvalue weighted by Gasteiger charge is 2.11. The molecule has 0 saturated heterocycles. The molecule has 0 radical (unpaired) electrons. The molecule has 17 heavy (non-hydrogen) atoms. The number of imidazole rings is 1. The Morgan fingerprint density at radius 3 is 2.94 bits per heavy atom. The van der Waals surface area contributed by atoms with Crippen molar-refractivity contribution in [3.63, 3.8) is 0 Å². The molecular formula is C11H13FN2OS2. The smallest absolute Gasteiger partial charge is 0.178 e. The van der Waals surface area contributed by atoms with Crippen LogP contribution in [-0.4, -0.2) is 25.3 Å². The molecule has 2 atom stereocenters. The Bertz CT molecular complexity index is 632. The molecule has 1 aromatic carbocycles. The molecule has 0 bridgehead atoms. The highest BCUT2D eigenvalue weighted by atomic mass is 32.2. The number of hydrogen-bond donors (Lipinski definition) is 1. The van der Waals surface area contributed by atoms with E-state index in [-0.39, 0.29) is 11.1 Å². The van der Waals surface area contributed by atoms with E-state index >= 15 is 0 Å². The zero-order valence-electron chi connectivity index (χ0n) is 9.57. The van der Waals surface area contributed by atoms with Crippen LogP contribution in [0.5, 0.6) is 0 Å². The zero-order chi connectivity index (χ0) is 12.6. The van der Waals surface area contributed by atoms with Gasteiger partial charge in [0.05, 0.1) is 11.0 Å². The average molecular weight is 272 g/mol. The van der Waals surface area contributed by atoms with Crippen LogP contribution in [-0.2, 0) is 17.3 Å². The Labute approximate surface area is 106 Å². The quantitative estimate of drug-likeness (QED) is 0.872. The Hall–Kier alpha value is -1.01. The Kier molecular flexibility index (Phi) is 3.44. The van der Waals surface area contributed by atoms with Crippen molar-refractivity contribution in [2.24, 2.45) is 0 Å². The lowest BCUT2D eigenvalue weighted by Gasteiger charge is -2.10. The lowest BCUT2D eigenvalue weighted by atomic mass is 10.3. The zero-order valence-corrected chi connectivity index (χ0v) is 11.2. The van der Waals surface area contributed by atoms with Crippen LogP contribution in [0.2, 0.25) is 0 Å². The maximum absolute atomic E-state index is 13.1. The third-order valence-electron chi connectivity index (χ3n) is 2.74.